The second kappa shape index (κ2) is 7.63. The average Bonchev–Trinajstić information content (AvgIpc) is 2.93. The molecule has 0 atom stereocenters. The van der Waals surface area contributed by atoms with Crippen molar-refractivity contribution in [3.05, 3.63) is 29.8 Å². The summed E-state index contributed by atoms with van der Waals surface area (Å²) in [7, 11) is 1.54. The lowest BCUT2D eigenvalue weighted by atomic mass is 10.2. The zero-order chi connectivity index (χ0) is 16.8. The highest BCUT2D eigenvalue weighted by molar-refractivity contribution is 7.80. The van der Waals surface area contributed by atoms with E-state index in [1.165, 1.54) is 11.9 Å². The van der Waals surface area contributed by atoms with Crippen molar-refractivity contribution in [1.29, 1.82) is 0 Å². The van der Waals surface area contributed by atoms with E-state index in [-0.39, 0.29) is 17.0 Å². The molecular weight excluding hydrogens is 316 g/mol. The Morgan fingerprint density at radius 2 is 2.22 bits per heavy atom. The molecule has 1 aromatic carbocycles. The summed E-state index contributed by atoms with van der Waals surface area (Å²) >= 11 is 5.08. The largest absolute Gasteiger partial charge is 0.497 e. The number of anilines is 1. The van der Waals surface area contributed by atoms with Crippen molar-refractivity contribution in [1.82, 2.24) is 25.5 Å². The molecule has 122 valence electrons. The number of hydrogen-bond acceptors (Lipinski definition) is 6. The lowest BCUT2D eigenvalue weighted by Crippen LogP contribution is -2.34. The number of amides is 1. The van der Waals surface area contributed by atoms with Gasteiger partial charge >= 0.3 is 0 Å². The van der Waals surface area contributed by atoms with Crippen molar-refractivity contribution in [2.45, 2.75) is 20.4 Å². The fourth-order valence-electron chi connectivity index (χ4n) is 1.77. The molecule has 2 aromatic rings. The van der Waals surface area contributed by atoms with Gasteiger partial charge in [0, 0.05) is 5.56 Å². The number of thiocarbonyl (C=S) groups is 1. The Bertz CT molecular complexity index is 700. The van der Waals surface area contributed by atoms with E-state index >= 15 is 0 Å². The number of benzene rings is 1. The Labute approximate surface area is 139 Å². The number of carbonyl (C=O) groups is 1. The predicted molar refractivity (Wildman–Crippen MR) is 89.3 cm³/mol. The van der Waals surface area contributed by atoms with E-state index < -0.39 is 0 Å². The number of rotatable bonds is 5. The van der Waals surface area contributed by atoms with Crippen LogP contribution in [0.25, 0.3) is 0 Å². The lowest BCUT2D eigenvalue weighted by molar-refractivity contribution is 0.0977. The van der Waals surface area contributed by atoms with E-state index in [4.69, 9.17) is 17.0 Å². The Morgan fingerprint density at radius 1 is 1.43 bits per heavy atom. The topological polar surface area (TPSA) is 94.0 Å². The number of carbonyl (C=O) groups excluding carboxylic acids is 1. The van der Waals surface area contributed by atoms with Crippen LogP contribution in [0.15, 0.2) is 24.3 Å². The van der Waals surface area contributed by atoms with Crippen molar-refractivity contribution in [3.8, 4) is 5.75 Å². The molecular formula is C14H18N6O2S. The van der Waals surface area contributed by atoms with Crippen LogP contribution in [0.1, 0.15) is 24.2 Å². The number of hydrogen-bond donors (Lipinski definition) is 2. The van der Waals surface area contributed by atoms with Crippen molar-refractivity contribution < 1.29 is 9.53 Å². The third-order valence-electron chi connectivity index (χ3n) is 2.77. The minimum Gasteiger partial charge on any atom is -0.497 e. The molecule has 2 rings (SSSR count). The monoisotopic (exact) mass is 334 g/mol. The first kappa shape index (κ1) is 16.8. The van der Waals surface area contributed by atoms with Gasteiger partial charge in [0.1, 0.15) is 5.75 Å². The van der Waals surface area contributed by atoms with Gasteiger partial charge in [-0.25, -0.2) is 0 Å². The summed E-state index contributed by atoms with van der Waals surface area (Å²) in [5.74, 6) is 0.879. The smallest absolute Gasteiger partial charge is 0.269 e. The zero-order valence-electron chi connectivity index (χ0n) is 13.1. The Hall–Kier alpha value is -2.55. The van der Waals surface area contributed by atoms with Crippen LogP contribution in [0.3, 0.4) is 0 Å². The van der Waals surface area contributed by atoms with E-state index in [1.807, 2.05) is 0 Å². The second-order valence-corrected chi connectivity index (χ2v) is 5.61. The standard InChI is InChI=1S/C14H18N6O2S/c1-9(2)8-20-18-13(17-19-20)16-14(23)15-12(21)10-5-4-6-11(7-10)22-3/h4-7,9H,8H2,1-3H3,(H2,15,16,18,21,23). The molecule has 2 N–H and O–H groups in total. The number of methoxy groups -OCH3 is 1. The zero-order valence-corrected chi connectivity index (χ0v) is 13.9. The van der Waals surface area contributed by atoms with E-state index in [1.54, 1.807) is 24.3 Å². The molecule has 0 aliphatic rings. The number of nitrogens with one attached hydrogen (secondary N) is 2. The van der Waals surface area contributed by atoms with Gasteiger partial charge in [0.2, 0.25) is 0 Å². The maximum atomic E-state index is 12.1. The molecule has 0 unspecified atom stereocenters. The molecule has 0 saturated carbocycles. The Balaban J connectivity index is 1.93. The van der Waals surface area contributed by atoms with Crippen molar-refractivity contribution in [2.75, 3.05) is 12.4 Å². The van der Waals surface area contributed by atoms with Gasteiger partial charge in [0.25, 0.3) is 11.9 Å². The van der Waals surface area contributed by atoms with E-state index in [0.717, 1.165) is 0 Å². The normalized spacial score (nSPS) is 10.4. The molecule has 23 heavy (non-hydrogen) atoms. The van der Waals surface area contributed by atoms with Gasteiger partial charge in [-0.05, 0) is 41.5 Å². The fraction of sp³-hybridized carbons (Fsp3) is 0.357. The molecule has 8 nitrogen and oxygen atoms in total. The molecule has 0 aliphatic carbocycles. The first-order chi connectivity index (χ1) is 11.0. The van der Waals surface area contributed by atoms with E-state index in [0.29, 0.717) is 23.8 Å². The highest BCUT2D eigenvalue weighted by Crippen LogP contribution is 2.12. The highest BCUT2D eigenvalue weighted by atomic mass is 32.1. The molecule has 0 aliphatic heterocycles. The third-order valence-corrected chi connectivity index (χ3v) is 2.97. The SMILES string of the molecule is COc1cccc(C(=O)NC(=S)Nc2nnn(CC(C)C)n2)c1. The summed E-state index contributed by atoms with van der Waals surface area (Å²) in [4.78, 5) is 13.6. The molecule has 1 heterocycles. The van der Waals surface area contributed by atoms with Crippen LogP contribution in [-0.2, 0) is 6.54 Å². The molecule has 0 spiro atoms. The summed E-state index contributed by atoms with van der Waals surface area (Å²) in [5.41, 5.74) is 0.435. The van der Waals surface area contributed by atoms with Gasteiger partial charge in [-0.15, -0.1) is 5.10 Å². The summed E-state index contributed by atoms with van der Waals surface area (Å²) in [6.45, 7) is 4.75. The average molecular weight is 334 g/mol. The van der Waals surface area contributed by atoms with Gasteiger partial charge in [-0.3, -0.25) is 15.4 Å². The molecule has 1 amide bonds. The van der Waals surface area contributed by atoms with Crippen molar-refractivity contribution >= 4 is 29.2 Å². The Kier molecular flexibility index (Phi) is 5.58. The maximum Gasteiger partial charge on any atom is 0.269 e. The van der Waals surface area contributed by atoms with Crippen LogP contribution < -0.4 is 15.4 Å². The van der Waals surface area contributed by atoms with E-state index in [9.17, 15) is 4.79 Å². The maximum absolute atomic E-state index is 12.1. The minimum atomic E-state index is -0.351. The summed E-state index contributed by atoms with van der Waals surface area (Å²) in [5, 5.41) is 17.2. The summed E-state index contributed by atoms with van der Waals surface area (Å²) < 4.78 is 5.08. The van der Waals surface area contributed by atoms with Gasteiger partial charge in [0.05, 0.1) is 13.7 Å². The van der Waals surface area contributed by atoms with Crippen LogP contribution in [0.2, 0.25) is 0 Å². The molecule has 0 radical (unpaired) electrons. The van der Waals surface area contributed by atoms with Gasteiger partial charge in [-0.1, -0.05) is 25.0 Å². The molecule has 0 fully saturated rings. The van der Waals surface area contributed by atoms with Crippen LogP contribution in [0.5, 0.6) is 5.75 Å². The van der Waals surface area contributed by atoms with Crippen LogP contribution in [0, 0.1) is 5.92 Å². The molecule has 0 saturated heterocycles. The highest BCUT2D eigenvalue weighted by Gasteiger charge is 2.11. The number of tetrazole rings is 1. The lowest BCUT2D eigenvalue weighted by Gasteiger charge is -2.07. The summed E-state index contributed by atoms with van der Waals surface area (Å²) in [6, 6.07) is 6.76. The van der Waals surface area contributed by atoms with E-state index in [2.05, 4.69) is 39.9 Å². The van der Waals surface area contributed by atoms with Crippen molar-refractivity contribution in [3.63, 3.8) is 0 Å². The molecule has 1 aromatic heterocycles. The predicted octanol–water partition coefficient (Wildman–Crippen LogP) is 1.46. The van der Waals surface area contributed by atoms with Crippen LogP contribution >= 0.6 is 12.2 Å². The fourth-order valence-corrected chi connectivity index (χ4v) is 1.95. The number of ether oxygens (including phenoxy) is 1. The number of nitrogens with zero attached hydrogens (tertiary/aromatic N) is 4. The minimum absolute atomic E-state index is 0.0990. The first-order valence-corrected chi connectivity index (χ1v) is 7.43. The summed E-state index contributed by atoms with van der Waals surface area (Å²) in [6.07, 6.45) is 0. The second-order valence-electron chi connectivity index (χ2n) is 5.20. The van der Waals surface area contributed by atoms with Gasteiger partial charge in [-0.2, -0.15) is 4.80 Å². The molecule has 0 bridgehead atoms. The molecule has 9 heteroatoms. The first-order valence-electron chi connectivity index (χ1n) is 7.02. The third kappa shape index (κ3) is 4.99. The van der Waals surface area contributed by atoms with Crippen LogP contribution in [0.4, 0.5) is 5.95 Å². The van der Waals surface area contributed by atoms with Gasteiger partial charge < -0.3 is 4.74 Å². The quantitative estimate of drug-likeness (QED) is 0.800. The number of aromatic nitrogens is 4. The van der Waals surface area contributed by atoms with Gasteiger partial charge in [0.15, 0.2) is 5.11 Å². The van der Waals surface area contributed by atoms with Crippen molar-refractivity contribution in [2.24, 2.45) is 5.92 Å². The Morgan fingerprint density at radius 3 is 2.91 bits per heavy atom. The van der Waals surface area contributed by atoms with Crippen LogP contribution in [-0.4, -0.2) is 38.3 Å².